The van der Waals surface area contributed by atoms with Gasteiger partial charge < -0.3 is 9.84 Å². The predicted octanol–water partition coefficient (Wildman–Crippen LogP) is 3.19. The first kappa shape index (κ1) is 10.2. The molecule has 3 rings (SSSR count). The summed E-state index contributed by atoms with van der Waals surface area (Å²) < 4.78 is 5.01. The number of aliphatic carboxylic acids is 1. The van der Waals surface area contributed by atoms with E-state index in [1.807, 2.05) is 0 Å². The fraction of sp³-hybridized carbons (Fsp3) is 0.125. The topological polar surface area (TPSA) is 46.5 Å². The molecule has 13 heavy (non-hydrogen) atoms. The first-order valence-electron chi connectivity index (χ1n) is 3.37. The first-order chi connectivity index (χ1) is 6.02. The summed E-state index contributed by atoms with van der Waals surface area (Å²) in [5.41, 5.74) is 0. The van der Waals surface area contributed by atoms with Crippen LogP contribution in [0.15, 0.2) is 12.1 Å². The number of carboxylic acid groups (broad SMARTS) is 1. The summed E-state index contributed by atoms with van der Waals surface area (Å²) in [5, 5.41) is 8.64. The van der Waals surface area contributed by atoms with Gasteiger partial charge in [-0.25, -0.2) is 0 Å². The van der Waals surface area contributed by atoms with Crippen molar-refractivity contribution in [2.75, 3.05) is 0 Å². The van der Waals surface area contributed by atoms with Crippen molar-refractivity contribution < 1.29 is 14.6 Å². The second-order valence-electron chi connectivity index (χ2n) is 2.31. The van der Waals surface area contributed by atoms with E-state index in [-0.39, 0.29) is 0 Å². The SMILES string of the molecule is CC(=O)O.Clc1ccc2c(Cl)c1O2. The van der Waals surface area contributed by atoms with Crippen molar-refractivity contribution >= 4 is 29.2 Å². The first-order valence-corrected chi connectivity index (χ1v) is 4.13. The van der Waals surface area contributed by atoms with E-state index < -0.39 is 5.97 Å². The third kappa shape index (κ3) is 2.26. The standard InChI is InChI=1S/C6H2Cl2O.C2H4O2/c7-3-1-2-4-5(8)6(3)9-4;1-2(3)4/h1-2H;1H3,(H,3,4). The molecule has 2 heterocycles. The molecule has 2 aliphatic heterocycles. The van der Waals surface area contributed by atoms with E-state index >= 15 is 0 Å². The Balaban J connectivity index is 0.000000184. The smallest absolute Gasteiger partial charge is 0.300 e. The molecule has 70 valence electrons. The molecule has 2 bridgehead atoms. The van der Waals surface area contributed by atoms with Gasteiger partial charge in [-0.2, -0.15) is 0 Å². The van der Waals surface area contributed by atoms with Crippen LogP contribution < -0.4 is 4.74 Å². The Morgan fingerprint density at radius 1 is 1.46 bits per heavy atom. The van der Waals surface area contributed by atoms with Gasteiger partial charge in [-0.05, 0) is 12.1 Å². The summed E-state index contributed by atoms with van der Waals surface area (Å²) in [7, 11) is 0. The summed E-state index contributed by atoms with van der Waals surface area (Å²) in [6, 6.07) is 3.51. The fourth-order valence-corrected chi connectivity index (χ4v) is 1.24. The van der Waals surface area contributed by atoms with Gasteiger partial charge in [0.05, 0.1) is 5.02 Å². The van der Waals surface area contributed by atoms with E-state index in [9.17, 15) is 0 Å². The molecule has 0 aromatic heterocycles. The highest BCUT2D eigenvalue weighted by atomic mass is 35.5. The third-order valence-corrected chi connectivity index (χ3v) is 1.88. The lowest BCUT2D eigenvalue weighted by Gasteiger charge is -2.20. The van der Waals surface area contributed by atoms with Crippen molar-refractivity contribution in [3.8, 4) is 11.5 Å². The molecule has 0 spiro atoms. The number of benzene rings is 1. The Labute approximate surface area is 84.8 Å². The highest BCUT2D eigenvalue weighted by Crippen LogP contribution is 2.50. The molecule has 0 saturated heterocycles. The molecule has 0 aliphatic carbocycles. The minimum atomic E-state index is -0.833. The average Bonchev–Trinajstić information content (AvgIpc) is 2.02. The van der Waals surface area contributed by atoms with Crippen LogP contribution >= 0.6 is 23.2 Å². The van der Waals surface area contributed by atoms with E-state index in [4.69, 9.17) is 37.8 Å². The molecular weight excluding hydrogens is 215 g/mol. The zero-order valence-electron chi connectivity index (χ0n) is 6.67. The number of fused-ring (bicyclic) bond motifs is 2. The zero-order chi connectivity index (χ0) is 10.0. The van der Waals surface area contributed by atoms with Crippen molar-refractivity contribution in [1.29, 1.82) is 0 Å². The van der Waals surface area contributed by atoms with Crippen LogP contribution in [0.5, 0.6) is 11.5 Å². The Bertz CT molecular complexity index is 339. The summed E-state index contributed by atoms with van der Waals surface area (Å²) in [6.07, 6.45) is 0. The molecule has 1 aromatic carbocycles. The molecule has 1 aromatic rings. The van der Waals surface area contributed by atoms with E-state index in [1.165, 1.54) is 0 Å². The number of carbonyl (C=O) groups is 1. The molecule has 0 saturated carbocycles. The minimum absolute atomic E-state index is 0.579. The molecule has 3 nitrogen and oxygen atoms in total. The lowest BCUT2D eigenvalue weighted by molar-refractivity contribution is -0.134. The third-order valence-electron chi connectivity index (χ3n) is 1.23. The summed E-state index contributed by atoms with van der Waals surface area (Å²) in [6.45, 7) is 1.08. The van der Waals surface area contributed by atoms with Crippen molar-refractivity contribution in [1.82, 2.24) is 0 Å². The van der Waals surface area contributed by atoms with Gasteiger partial charge in [-0.1, -0.05) is 23.2 Å². The molecule has 5 heteroatoms. The van der Waals surface area contributed by atoms with Crippen LogP contribution in [0.3, 0.4) is 0 Å². The van der Waals surface area contributed by atoms with Crippen LogP contribution in [0.1, 0.15) is 6.92 Å². The van der Waals surface area contributed by atoms with Gasteiger partial charge in [0.1, 0.15) is 10.8 Å². The van der Waals surface area contributed by atoms with Crippen molar-refractivity contribution in [3.05, 3.63) is 22.2 Å². The number of hydrogen-bond donors (Lipinski definition) is 1. The van der Waals surface area contributed by atoms with Gasteiger partial charge in [0.15, 0.2) is 5.75 Å². The van der Waals surface area contributed by atoms with E-state index in [2.05, 4.69) is 0 Å². The fourth-order valence-electron chi connectivity index (χ4n) is 0.750. The van der Waals surface area contributed by atoms with Crippen LogP contribution in [0.2, 0.25) is 10.0 Å². The lowest BCUT2D eigenvalue weighted by Crippen LogP contribution is -1.97. The maximum absolute atomic E-state index is 9.00. The Morgan fingerprint density at radius 2 is 2.00 bits per heavy atom. The van der Waals surface area contributed by atoms with Crippen LogP contribution in [0.25, 0.3) is 0 Å². The van der Waals surface area contributed by atoms with Gasteiger partial charge in [0.2, 0.25) is 0 Å². The molecule has 0 fully saturated rings. The van der Waals surface area contributed by atoms with Gasteiger partial charge in [0.25, 0.3) is 5.97 Å². The second-order valence-corrected chi connectivity index (χ2v) is 3.09. The Morgan fingerprint density at radius 3 is 2.23 bits per heavy atom. The molecule has 1 N–H and O–H groups in total. The highest BCUT2D eigenvalue weighted by molar-refractivity contribution is 6.39. The molecule has 0 radical (unpaired) electrons. The maximum atomic E-state index is 9.00. The maximum Gasteiger partial charge on any atom is 0.300 e. The lowest BCUT2D eigenvalue weighted by atomic mass is 10.2. The molecular formula is C8H6Cl2O3. The summed E-state index contributed by atoms with van der Waals surface area (Å²) >= 11 is 11.3. The zero-order valence-corrected chi connectivity index (χ0v) is 8.19. The molecule has 0 amide bonds. The average molecular weight is 221 g/mol. The molecule has 2 aliphatic rings. The summed E-state index contributed by atoms with van der Waals surface area (Å²) in [4.78, 5) is 9.00. The number of hydrogen-bond acceptors (Lipinski definition) is 2. The number of halogens is 2. The predicted molar refractivity (Wildman–Crippen MR) is 49.8 cm³/mol. The normalized spacial score (nSPS) is 10.4. The van der Waals surface area contributed by atoms with E-state index in [0.29, 0.717) is 15.8 Å². The van der Waals surface area contributed by atoms with Crippen LogP contribution in [0, 0.1) is 0 Å². The van der Waals surface area contributed by atoms with E-state index in [0.717, 1.165) is 12.7 Å². The van der Waals surface area contributed by atoms with Gasteiger partial charge in [-0.3, -0.25) is 4.79 Å². The number of rotatable bonds is 0. The monoisotopic (exact) mass is 220 g/mol. The highest BCUT2D eigenvalue weighted by Gasteiger charge is 2.22. The van der Waals surface area contributed by atoms with Crippen molar-refractivity contribution in [2.45, 2.75) is 6.92 Å². The number of carboxylic acids is 1. The largest absolute Gasteiger partial charge is 0.481 e. The van der Waals surface area contributed by atoms with Crippen LogP contribution in [-0.4, -0.2) is 11.1 Å². The van der Waals surface area contributed by atoms with Gasteiger partial charge in [-0.15, -0.1) is 0 Å². The van der Waals surface area contributed by atoms with Crippen LogP contribution in [0.4, 0.5) is 0 Å². The van der Waals surface area contributed by atoms with E-state index in [1.54, 1.807) is 12.1 Å². The van der Waals surface area contributed by atoms with Gasteiger partial charge >= 0.3 is 0 Å². The Kier molecular flexibility index (Phi) is 3.01. The molecule has 0 atom stereocenters. The van der Waals surface area contributed by atoms with Crippen LogP contribution in [-0.2, 0) is 4.79 Å². The van der Waals surface area contributed by atoms with Crippen molar-refractivity contribution in [2.24, 2.45) is 0 Å². The number of ether oxygens (including phenoxy) is 1. The van der Waals surface area contributed by atoms with Crippen molar-refractivity contribution in [3.63, 3.8) is 0 Å². The second kappa shape index (κ2) is 3.85. The minimum Gasteiger partial charge on any atom is -0.481 e. The summed E-state index contributed by atoms with van der Waals surface area (Å²) in [5.74, 6) is 0.493. The molecule has 0 unspecified atom stereocenters. The van der Waals surface area contributed by atoms with Gasteiger partial charge in [0, 0.05) is 6.92 Å². The quantitative estimate of drug-likeness (QED) is 0.742. The Hall–Kier alpha value is -0.930.